The normalized spacial score (nSPS) is 11.9. The number of rotatable bonds is 3. The SMILES string of the molecule is CSc1cccc2c(NS(C)(=O)=O)nn(C)c12. The predicted molar refractivity (Wildman–Crippen MR) is 71.0 cm³/mol. The van der Waals surface area contributed by atoms with Crippen LogP contribution in [-0.2, 0) is 17.1 Å². The van der Waals surface area contributed by atoms with E-state index in [9.17, 15) is 8.42 Å². The number of hydrogen-bond donors (Lipinski definition) is 1. The Bertz CT molecular complexity index is 661. The van der Waals surface area contributed by atoms with Gasteiger partial charge in [-0.1, -0.05) is 6.07 Å². The van der Waals surface area contributed by atoms with E-state index in [2.05, 4.69) is 9.82 Å². The minimum atomic E-state index is -3.31. The van der Waals surface area contributed by atoms with Crippen LogP contribution in [-0.4, -0.2) is 30.7 Å². The monoisotopic (exact) mass is 271 g/mol. The lowest BCUT2D eigenvalue weighted by Gasteiger charge is -2.01. The molecule has 92 valence electrons. The molecule has 0 bridgehead atoms. The minimum absolute atomic E-state index is 0.376. The Kier molecular flexibility index (Phi) is 3.05. The summed E-state index contributed by atoms with van der Waals surface area (Å²) < 4.78 is 26.6. The number of anilines is 1. The summed E-state index contributed by atoms with van der Waals surface area (Å²) in [7, 11) is -1.51. The summed E-state index contributed by atoms with van der Waals surface area (Å²) in [5.41, 5.74) is 0.936. The van der Waals surface area contributed by atoms with Gasteiger partial charge in [0.15, 0.2) is 5.82 Å². The summed E-state index contributed by atoms with van der Waals surface area (Å²) in [5, 5.41) is 5.01. The van der Waals surface area contributed by atoms with Crippen LogP contribution in [0.5, 0.6) is 0 Å². The molecule has 0 saturated carbocycles. The summed E-state index contributed by atoms with van der Waals surface area (Å²) in [6.07, 6.45) is 3.09. The first-order valence-corrected chi connectivity index (χ1v) is 8.01. The fourth-order valence-electron chi connectivity index (χ4n) is 1.72. The molecule has 1 N–H and O–H groups in total. The molecule has 0 saturated heterocycles. The maximum atomic E-state index is 11.2. The second-order valence-electron chi connectivity index (χ2n) is 3.70. The number of nitrogens with one attached hydrogen (secondary N) is 1. The highest BCUT2D eigenvalue weighted by Crippen LogP contribution is 2.30. The maximum absolute atomic E-state index is 11.2. The minimum Gasteiger partial charge on any atom is -0.266 e. The standard InChI is InChI=1S/C10H13N3O2S2/c1-13-9-7(5-4-6-8(9)16-2)10(11-13)12-17(3,14)15/h4-6H,1-3H3,(H,11,12). The van der Waals surface area contributed by atoms with Crippen molar-refractivity contribution in [2.45, 2.75) is 4.90 Å². The largest absolute Gasteiger partial charge is 0.266 e. The van der Waals surface area contributed by atoms with Gasteiger partial charge in [0.05, 0.1) is 11.8 Å². The zero-order chi connectivity index (χ0) is 12.6. The number of thioether (sulfide) groups is 1. The van der Waals surface area contributed by atoms with Crippen molar-refractivity contribution in [3.63, 3.8) is 0 Å². The first kappa shape index (κ1) is 12.3. The van der Waals surface area contributed by atoms with Crippen molar-refractivity contribution >= 4 is 38.5 Å². The Labute approximate surface area is 104 Å². The number of aromatic nitrogens is 2. The van der Waals surface area contributed by atoms with Crippen LogP contribution in [0.25, 0.3) is 10.9 Å². The van der Waals surface area contributed by atoms with E-state index in [0.29, 0.717) is 5.82 Å². The lowest BCUT2D eigenvalue weighted by Crippen LogP contribution is -2.10. The lowest BCUT2D eigenvalue weighted by atomic mass is 10.2. The summed E-state index contributed by atoms with van der Waals surface area (Å²) in [4.78, 5) is 1.07. The van der Waals surface area contributed by atoms with E-state index in [1.165, 1.54) is 0 Å². The second-order valence-corrected chi connectivity index (χ2v) is 6.30. The van der Waals surface area contributed by atoms with Crippen LogP contribution in [0.15, 0.2) is 23.1 Å². The predicted octanol–water partition coefficient (Wildman–Crippen LogP) is 1.67. The van der Waals surface area contributed by atoms with Gasteiger partial charge < -0.3 is 0 Å². The zero-order valence-corrected chi connectivity index (χ0v) is 11.4. The molecule has 0 spiro atoms. The first-order valence-electron chi connectivity index (χ1n) is 4.90. The van der Waals surface area contributed by atoms with Crippen molar-refractivity contribution in [2.24, 2.45) is 7.05 Å². The summed E-state index contributed by atoms with van der Waals surface area (Å²) in [6, 6.07) is 5.73. The van der Waals surface area contributed by atoms with Crippen molar-refractivity contribution in [3.05, 3.63) is 18.2 Å². The van der Waals surface area contributed by atoms with Crippen LogP contribution in [0.1, 0.15) is 0 Å². The molecule has 1 aromatic carbocycles. The Morgan fingerprint density at radius 3 is 2.71 bits per heavy atom. The smallest absolute Gasteiger partial charge is 0.231 e. The lowest BCUT2D eigenvalue weighted by molar-refractivity contribution is 0.606. The van der Waals surface area contributed by atoms with E-state index in [0.717, 1.165) is 22.1 Å². The molecule has 0 atom stereocenters. The van der Waals surface area contributed by atoms with Crippen LogP contribution in [0, 0.1) is 0 Å². The van der Waals surface area contributed by atoms with E-state index < -0.39 is 10.0 Å². The molecule has 2 aromatic rings. The van der Waals surface area contributed by atoms with Gasteiger partial charge in [-0.15, -0.1) is 11.8 Å². The third-order valence-electron chi connectivity index (χ3n) is 2.33. The van der Waals surface area contributed by atoms with Crippen molar-refractivity contribution in [1.82, 2.24) is 9.78 Å². The van der Waals surface area contributed by atoms with Crippen molar-refractivity contribution < 1.29 is 8.42 Å². The number of hydrogen-bond acceptors (Lipinski definition) is 4. The average Bonchev–Trinajstić information content (AvgIpc) is 2.53. The molecule has 0 amide bonds. The Morgan fingerprint density at radius 1 is 1.41 bits per heavy atom. The molecule has 2 rings (SSSR count). The molecule has 0 aliphatic carbocycles. The summed E-state index contributed by atoms with van der Waals surface area (Å²) in [5.74, 6) is 0.376. The van der Waals surface area contributed by atoms with Crippen molar-refractivity contribution in [3.8, 4) is 0 Å². The van der Waals surface area contributed by atoms with Gasteiger partial charge in [-0.2, -0.15) is 5.10 Å². The fourth-order valence-corrected chi connectivity index (χ4v) is 2.87. The number of benzene rings is 1. The Morgan fingerprint density at radius 2 is 2.12 bits per heavy atom. The third kappa shape index (κ3) is 2.39. The topological polar surface area (TPSA) is 64.0 Å². The van der Waals surface area contributed by atoms with Gasteiger partial charge in [-0.3, -0.25) is 9.40 Å². The number of sulfonamides is 1. The highest BCUT2D eigenvalue weighted by Gasteiger charge is 2.14. The van der Waals surface area contributed by atoms with Gasteiger partial charge in [-0.25, -0.2) is 8.42 Å². The molecule has 0 aliphatic heterocycles. The van der Waals surface area contributed by atoms with Gasteiger partial charge >= 0.3 is 0 Å². The highest BCUT2D eigenvalue weighted by atomic mass is 32.2. The maximum Gasteiger partial charge on any atom is 0.231 e. The molecule has 0 unspecified atom stereocenters. The molecule has 0 fully saturated rings. The van der Waals surface area contributed by atoms with Crippen LogP contribution in [0.2, 0.25) is 0 Å². The van der Waals surface area contributed by atoms with E-state index in [4.69, 9.17) is 0 Å². The molecule has 1 aromatic heterocycles. The molecule has 7 heteroatoms. The van der Waals surface area contributed by atoms with Crippen molar-refractivity contribution in [2.75, 3.05) is 17.2 Å². The first-order chi connectivity index (χ1) is 7.92. The van der Waals surface area contributed by atoms with Gasteiger partial charge in [0.1, 0.15) is 0 Å². The third-order valence-corrected chi connectivity index (χ3v) is 3.66. The number of fused-ring (bicyclic) bond motifs is 1. The Hall–Kier alpha value is -1.21. The second kappa shape index (κ2) is 4.23. The molecule has 0 radical (unpaired) electrons. The van der Waals surface area contributed by atoms with E-state index in [1.807, 2.05) is 24.5 Å². The van der Waals surface area contributed by atoms with Gasteiger partial charge in [0.2, 0.25) is 10.0 Å². The number of nitrogens with zero attached hydrogens (tertiary/aromatic N) is 2. The van der Waals surface area contributed by atoms with E-state index in [1.54, 1.807) is 23.5 Å². The zero-order valence-electron chi connectivity index (χ0n) is 9.76. The average molecular weight is 271 g/mol. The molecular formula is C10H13N3O2S2. The quantitative estimate of drug-likeness (QED) is 0.862. The highest BCUT2D eigenvalue weighted by molar-refractivity contribution is 7.98. The van der Waals surface area contributed by atoms with Gasteiger partial charge in [0, 0.05) is 17.3 Å². The van der Waals surface area contributed by atoms with E-state index >= 15 is 0 Å². The molecule has 1 heterocycles. The van der Waals surface area contributed by atoms with Crippen LogP contribution < -0.4 is 4.72 Å². The van der Waals surface area contributed by atoms with Crippen LogP contribution in [0.4, 0.5) is 5.82 Å². The molecule has 17 heavy (non-hydrogen) atoms. The summed E-state index contributed by atoms with van der Waals surface area (Å²) >= 11 is 1.61. The molecule has 0 aliphatic rings. The number of para-hydroxylation sites is 1. The van der Waals surface area contributed by atoms with Gasteiger partial charge in [-0.05, 0) is 18.4 Å². The fraction of sp³-hybridized carbons (Fsp3) is 0.300. The van der Waals surface area contributed by atoms with Crippen molar-refractivity contribution in [1.29, 1.82) is 0 Å². The number of aryl methyl sites for hydroxylation is 1. The van der Waals surface area contributed by atoms with Gasteiger partial charge in [0.25, 0.3) is 0 Å². The van der Waals surface area contributed by atoms with Crippen LogP contribution >= 0.6 is 11.8 Å². The summed E-state index contributed by atoms with van der Waals surface area (Å²) in [6.45, 7) is 0. The molecular weight excluding hydrogens is 258 g/mol. The van der Waals surface area contributed by atoms with E-state index in [-0.39, 0.29) is 0 Å². The Balaban J connectivity index is 2.68. The van der Waals surface area contributed by atoms with Crippen LogP contribution in [0.3, 0.4) is 0 Å². The molecule has 5 nitrogen and oxygen atoms in total.